The molecule has 0 saturated carbocycles. The number of unbranched alkanes of at least 4 members (excludes halogenated alkanes) is 1. The van der Waals surface area contributed by atoms with Crippen LogP contribution in [0.4, 0.5) is 0 Å². The van der Waals surface area contributed by atoms with Gasteiger partial charge in [-0.15, -0.1) is 0 Å². The van der Waals surface area contributed by atoms with Crippen LogP contribution in [0.15, 0.2) is 4.99 Å². The van der Waals surface area contributed by atoms with Gasteiger partial charge in [0.05, 0.1) is 0 Å². The Balaban J connectivity index is 2.40. The summed E-state index contributed by atoms with van der Waals surface area (Å²) in [7, 11) is 0. The van der Waals surface area contributed by atoms with Gasteiger partial charge in [0.15, 0.2) is 5.17 Å². The lowest BCUT2D eigenvalue weighted by Gasteiger charge is -2.10. The van der Waals surface area contributed by atoms with Crippen molar-refractivity contribution in [1.29, 1.82) is 0 Å². The van der Waals surface area contributed by atoms with Crippen LogP contribution in [-0.4, -0.2) is 22.7 Å². The van der Waals surface area contributed by atoms with Crippen molar-refractivity contribution in [3.05, 3.63) is 0 Å². The Kier molecular flexibility index (Phi) is 3.95. The fraction of sp³-hybridized carbons (Fsp3) is 0.625. The number of amides is 2. The number of hydrogen-bond acceptors (Lipinski definition) is 3. The van der Waals surface area contributed by atoms with Crippen LogP contribution >= 0.6 is 11.8 Å². The van der Waals surface area contributed by atoms with E-state index in [0.717, 1.165) is 18.6 Å². The van der Waals surface area contributed by atoms with Crippen molar-refractivity contribution in [2.75, 3.05) is 5.75 Å². The summed E-state index contributed by atoms with van der Waals surface area (Å²) in [6.45, 7) is 2.09. The minimum atomic E-state index is -0.345. The first-order valence-electron chi connectivity index (χ1n) is 4.26. The summed E-state index contributed by atoms with van der Waals surface area (Å²) < 4.78 is 0. The van der Waals surface area contributed by atoms with Crippen LogP contribution in [0, 0.1) is 0 Å². The molecule has 0 aliphatic carbocycles. The molecule has 1 N–H and O–H groups in total. The normalized spacial score (nSPS) is 16.8. The van der Waals surface area contributed by atoms with Gasteiger partial charge in [-0.05, 0) is 6.42 Å². The molecule has 0 bridgehead atoms. The van der Waals surface area contributed by atoms with Crippen LogP contribution in [0.1, 0.15) is 26.2 Å². The zero-order chi connectivity index (χ0) is 9.68. The summed E-state index contributed by atoms with van der Waals surface area (Å²) >= 11 is 1.43. The van der Waals surface area contributed by atoms with Crippen molar-refractivity contribution in [2.24, 2.45) is 4.99 Å². The van der Waals surface area contributed by atoms with Crippen LogP contribution in [0.25, 0.3) is 0 Å². The number of nitrogens with one attached hydrogen (secondary N) is 1. The van der Waals surface area contributed by atoms with E-state index in [1.807, 2.05) is 0 Å². The van der Waals surface area contributed by atoms with Crippen molar-refractivity contribution < 1.29 is 9.59 Å². The standard InChI is InChI=1S/C8H12N2O2S/c1-2-3-4-13-8-9-6(11)5-7(12)10-8/h2-5H2,1H3,(H,9,10,11,12). The molecule has 0 atom stereocenters. The Bertz CT molecular complexity index is 251. The zero-order valence-electron chi connectivity index (χ0n) is 7.50. The number of rotatable bonds is 3. The van der Waals surface area contributed by atoms with Gasteiger partial charge >= 0.3 is 0 Å². The van der Waals surface area contributed by atoms with Crippen LogP contribution < -0.4 is 5.32 Å². The third-order valence-electron chi connectivity index (χ3n) is 1.52. The summed E-state index contributed by atoms with van der Waals surface area (Å²) in [6.07, 6.45) is 2.05. The van der Waals surface area contributed by atoms with E-state index in [9.17, 15) is 9.59 Å². The average molecular weight is 200 g/mol. The lowest BCUT2D eigenvalue weighted by molar-refractivity contribution is -0.127. The molecule has 1 aliphatic heterocycles. The summed E-state index contributed by atoms with van der Waals surface area (Å²) in [5.74, 6) is 0.296. The Morgan fingerprint density at radius 1 is 1.54 bits per heavy atom. The van der Waals surface area contributed by atoms with Crippen molar-refractivity contribution in [2.45, 2.75) is 26.2 Å². The molecule has 0 fully saturated rings. The second-order valence-electron chi connectivity index (χ2n) is 2.74. The van der Waals surface area contributed by atoms with Crippen LogP contribution in [0.3, 0.4) is 0 Å². The third-order valence-corrected chi connectivity index (χ3v) is 2.48. The number of amidine groups is 1. The highest BCUT2D eigenvalue weighted by Crippen LogP contribution is 2.09. The molecule has 1 rings (SSSR count). The van der Waals surface area contributed by atoms with Crippen molar-refractivity contribution >= 4 is 28.7 Å². The van der Waals surface area contributed by atoms with Gasteiger partial charge in [0, 0.05) is 5.75 Å². The second kappa shape index (κ2) is 5.01. The van der Waals surface area contributed by atoms with Crippen LogP contribution in [0.2, 0.25) is 0 Å². The topological polar surface area (TPSA) is 58.5 Å². The molecule has 72 valence electrons. The summed E-state index contributed by atoms with van der Waals surface area (Å²) in [5, 5.41) is 3.01. The van der Waals surface area contributed by atoms with E-state index in [4.69, 9.17) is 0 Å². The number of nitrogens with zero attached hydrogens (tertiary/aromatic N) is 1. The average Bonchev–Trinajstić information content (AvgIpc) is 2.03. The molecule has 5 heteroatoms. The third kappa shape index (κ3) is 3.59. The molecular weight excluding hydrogens is 188 g/mol. The van der Waals surface area contributed by atoms with E-state index in [2.05, 4.69) is 17.2 Å². The minimum absolute atomic E-state index is 0.113. The number of hydrogen-bond donors (Lipinski definition) is 1. The van der Waals surface area contributed by atoms with Gasteiger partial charge in [0.2, 0.25) is 5.91 Å². The first-order chi connectivity index (χ1) is 6.22. The monoisotopic (exact) mass is 200 g/mol. The quantitative estimate of drug-likeness (QED) is 0.544. The van der Waals surface area contributed by atoms with Gasteiger partial charge in [-0.2, -0.15) is 4.99 Å². The Morgan fingerprint density at radius 2 is 2.31 bits per heavy atom. The molecular formula is C8H12N2O2S. The summed E-state index contributed by atoms with van der Waals surface area (Å²) in [6, 6.07) is 0. The van der Waals surface area contributed by atoms with Gasteiger partial charge in [-0.25, -0.2) is 0 Å². The van der Waals surface area contributed by atoms with Crippen LogP contribution in [-0.2, 0) is 9.59 Å². The van der Waals surface area contributed by atoms with Gasteiger partial charge in [-0.1, -0.05) is 25.1 Å². The molecule has 4 nitrogen and oxygen atoms in total. The van der Waals surface area contributed by atoms with Gasteiger partial charge in [-0.3, -0.25) is 9.59 Å². The molecule has 1 heterocycles. The fourth-order valence-electron chi connectivity index (χ4n) is 0.863. The first-order valence-corrected chi connectivity index (χ1v) is 5.25. The smallest absolute Gasteiger partial charge is 0.257 e. The highest BCUT2D eigenvalue weighted by atomic mass is 32.2. The van der Waals surface area contributed by atoms with E-state index in [1.54, 1.807) is 0 Å². The molecule has 0 saturated heterocycles. The molecule has 13 heavy (non-hydrogen) atoms. The zero-order valence-corrected chi connectivity index (χ0v) is 8.32. The van der Waals surface area contributed by atoms with E-state index in [1.165, 1.54) is 11.8 Å². The van der Waals surface area contributed by atoms with E-state index < -0.39 is 0 Å². The number of aliphatic imine (C=N–C) groups is 1. The van der Waals surface area contributed by atoms with E-state index >= 15 is 0 Å². The number of carbonyl (C=O) groups is 2. The molecule has 0 spiro atoms. The summed E-state index contributed by atoms with van der Waals surface area (Å²) in [4.78, 5) is 25.5. The van der Waals surface area contributed by atoms with Crippen molar-refractivity contribution in [3.8, 4) is 0 Å². The molecule has 0 aromatic rings. The summed E-state index contributed by atoms with van der Waals surface area (Å²) in [5.41, 5.74) is 0. The maximum atomic E-state index is 10.9. The molecule has 2 amide bonds. The van der Waals surface area contributed by atoms with Gasteiger partial charge in [0.1, 0.15) is 6.42 Å². The molecule has 0 aromatic carbocycles. The number of thioether (sulfide) groups is 1. The lowest BCUT2D eigenvalue weighted by Crippen LogP contribution is -2.35. The Hall–Kier alpha value is -0.840. The maximum absolute atomic E-state index is 10.9. The largest absolute Gasteiger partial charge is 0.305 e. The lowest BCUT2D eigenvalue weighted by atomic mass is 10.4. The Morgan fingerprint density at radius 3 is 2.92 bits per heavy atom. The van der Waals surface area contributed by atoms with Crippen LogP contribution in [0.5, 0.6) is 0 Å². The number of carbonyl (C=O) groups excluding carboxylic acids is 2. The van der Waals surface area contributed by atoms with E-state index in [0.29, 0.717) is 5.17 Å². The molecule has 0 aromatic heterocycles. The minimum Gasteiger partial charge on any atom is -0.305 e. The highest BCUT2D eigenvalue weighted by molar-refractivity contribution is 8.13. The predicted octanol–water partition coefficient (Wildman–Crippen LogP) is 0.922. The fourth-order valence-corrected chi connectivity index (χ4v) is 1.84. The molecule has 0 radical (unpaired) electrons. The molecule has 0 unspecified atom stereocenters. The van der Waals surface area contributed by atoms with Gasteiger partial charge in [0.25, 0.3) is 5.91 Å². The first kappa shape index (κ1) is 10.2. The second-order valence-corrected chi connectivity index (χ2v) is 3.82. The van der Waals surface area contributed by atoms with Gasteiger partial charge < -0.3 is 5.32 Å². The van der Waals surface area contributed by atoms with Crippen molar-refractivity contribution in [3.63, 3.8) is 0 Å². The van der Waals surface area contributed by atoms with E-state index in [-0.39, 0.29) is 18.2 Å². The highest BCUT2D eigenvalue weighted by Gasteiger charge is 2.17. The maximum Gasteiger partial charge on any atom is 0.257 e. The SMILES string of the molecule is CCCCSC1=NC(=O)CC(=O)N1. The van der Waals surface area contributed by atoms with Crippen molar-refractivity contribution in [1.82, 2.24) is 5.32 Å². The molecule has 1 aliphatic rings. The predicted molar refractivity (Wildman–Crippen MR) is 52.6 cm³/mol. The Labute approximate surface area is 81.2 Å².